The van der Waals surface area contributed by atoms with Gasteiger partial charge in [-0.3, -0.25) is 0 Å². The van der Waals surface area contributed by atoms with E-state index in [1.165, 1.54) is 6.26 Å². The normalized spacial score (nSPS) is 25.5. The van der Waals surface area contributed by atoms with Gasteiger partial charge in [0.15, 0.2) is 0 Å². The fraction of sp³-hybridized carbons (Fsp3) is 0.562. The Hall–Kier alpha value is -1.56. The molecule has 1 fully saturated rings. The van der Waals surface area contributed by atoms with Crippen LogP contribution in [0.15, 0.2) is 30.3 Å². The SMILES string of the molecule is CC1(NC(=O)OCc2ccccc2)CCC(S(C)(=O)=O)CC1. The van der Waals surface area contributed by atoms with Crippen molar-refractivity contribution in [2.24, 2.45) is 0 Å². The maximum Gasteiger partial charge on any atom is 0.407 e. The molecular weight excluding hydrogens is 302 g/mol. The lowest BCUT2D eigenvalue weighted by molar-refractivity contribution is 0.121. The van der Waals surface area contributed by atoms with Crippen LogP contribution in [-0.4, -0.2) is 31.6 Å². The van der Waals surface area contributed by atoms with Gasteiger partial charge in [-0.15, -0.1) is 0 Å². The van der Waals surface area contributed by atoms with Crippen LogP contribution < -0.4 is 5.32 Å². The number of alkyl carbamates (subject to hydrolysis) is 1. The first-order chi connectivity index (χ1) is 10.3. The predicted molar refractivity (Wildman–Crippen MR) is 85.3 cm³/mol. The molecule has 1 aromatic rings. The van der Waals surface area contributed by atoms with Crippen LogP contribution in [0.5, 0.6) is 0 Å². The van der Waals surface area contributed by atoms with Crippen molar-refractivity contribution in [1.29, 1.82) is 0 Å². The zero-order valence-electron chi connectivity index (χ0n) is 13.0. The van der Waals surface area contributed by atoms with E-state index in [-0.39, 0.29) is 11.9 Å². The van der Waals surface area contributed by atoms with Crippen molar-refractivity contribution in [3.8, 4) is 0 Å². The number of nitrogens with one attached hydrogen (secondary N) is 1. The molecule has 122 valence electrons. The average molecular weight is 325 g/mol. The van der Waals surface area contributed by atoms with Crippen LogP contribution in [0.1, 0.15) is 38.2 Å². The highest BCUT2D eigenvalue weighted by atomic mass is 32.2. The van der Waals surface area contributed by atoms with Crippen molar-refractivity contribution in [3.63, 3.8) is 0 Å². The van der Waals surface area contributed by atoms with Gasteiger partial charge in [0.05, 0.1) is 5.25 Å². The molecule has 0 atom stereocenters. The summed E-state index contributed by atoms with van der Waals surface area (Å²) in [6, 6.07) is 9.48. The van der Waals surface area contributed by atoms with Crippen LogP contribution in [0, 0.1) is 0 Å². The summed E-state index contributed by atoms with van der Waals surface area (Å²) in [5.41, 5.74) is 0.540. The number of hydrogen-bond acceptors (Lipinski definition) is 4. The third kappa shape index (κ3) is 4.73. The van der Waals surface area contributed by atoms with Crippen LogP contribution >= 0.6 is 0 Å². The van der Waals surface area contributed by atoms with Crippen molar-refractivity contribution in [2.75, 3.05) is 6.26 Å². The van der Waals surface area contributed by atoms with Crippen LogP contribution in [0.3, 0.4) is 0 Å². The second-order valence-corrected chi connectivity index (χ2v) is 8.60. The van der Waals surface area contributed by atoms with E-state index in [2.05, 4.69) is 5.32 Å². The first-order valence-electron chi connectivity index (χ1n) is 7.46. The topological polar surface area (TPSA) is 72.5 Å². The van der Waals surface area contributed by atoms with Gasteiger partial charge in [-0.2, -0.15) is 0 Å². The highest BCUT2D eigenvalue weighted by molar-refractivity contribution is 7.91. The number of carbonyl (C=O) groups is 1. The van der Waals surface area contributed by atoms with E-state index in [0.717, 1.165) is 5.56 Å². The van der Waals surface area contributed by atoms with Gasteiger partial charge in [0.2, 0.25) is 0 Å². The Balaban J connectivity index is 1.82. The molecule has 0 radical (unpaired) electrons. The molecule has 0 aromatic heterocycles. The van der Waals surface area contributed by atoms with Gasteiger partial charge in [0, 0.05) is 11.8 Å². The highest BCUT2D eigenvalue weighted by Gasteiger charge is 2.36. The Bertz CT molecular complexity index is 604. The molecule has 1 amide bonds. The number of rotatable bonds is 4. The third-order valence-corrected chi connectivity index (χ3v) is 5.94. The van der Waals surface area contributed by atoms with E-state index < -0.39 is 21.5 Å². The Morgan fingerprint density at radius 2 is 1.86 bits per heavy atom. The average Bonchev–Trinajstić information content (AvgIpc) is 2.45. The van der Waals surface area contributed by atoms with Crippen LogP contribution in [0.2, 0.25) is 0 Å². The van der Waals surface area contributed by atoms with Crippen molar-refractivity contribution in [1.82, 2.24) is 5.32 Å². The van der Waals surface area contributed by atoms with Gasteiger partial charge in [0.25, 0.3) is 0 Å². The predicted octanol–water partition coefficient (Wildman–Crippen LogP) is 2.66. The first kappa shape index (κ1) is 16.8. The molecule has 22 heavy (non-hydrogen) atoms. The summed E-state index contributed by atoms with van der Waals surface area (Å²) in [4.78, 5) is 11.9. The fourth-order valence-electron chi connectivity index (χ4n) is 2.79. The zero-order valence-corrected chi connectivity index (χ0v) is 13.9. The molecule has 0 spiro atoms. The second-order valence-electron chi connectivity index (χ2n) is 6.28. The zero-order chi connectivity index (χ0) is 16.2. The van der Waals surface area contributed by atoms with E-state index in [1.54, 1.807) is 0 Å². The third-order valence-electron chi connectivity index (χ3n) is 4.26. The van der Waals surface area contributed by atoms with Crippen molar-refractivity contribution in [2.45, 2.75) is 50.0 Å². The first-order valence-corrected chi connectivity index (χ1v) is 9.42. The summed E-state index contributed by atoms with van der Waals surface area (Å²) in [5.74, 6) is 0. The van der Waals surface area contributed by atoms with E-state index in [9.17, 15) is 13.2 Å². The van der Waals surface area contributed by atoms with Gasteiger partial charge in [-0.05, 0) is 38.2 Å². The smallest absolute Gasteiger partial charge is 0.407 e. The lowest BCUT2D eigenvalue weighted by Crippen LogP contribution is -2.49. The summed E-state index contributed by atoms with van der Waals surface area (Å²) in [6.07, 6.45) is 3.27. The summed E-state index contributed by atoms with van der Waals surface area (Å²) >= 11 is 0. The molecule has 1 aliphatic carbocycles. The number of amides is 1. The number of carbonyl (C=O) groups excluding carboxylic acids is 1. The van der Waals surface area contributed by atoms with E-state index in [1.807, 2.05) is 37.3 Å². The van der Waals surface area contributed by atoms with E-state index in [4.69, 9.17) is 4.74 Å². The standard InChI is InChI=1S/C16H23NO4S/c1-16(10-8-14(9-11-16)22(2,19)20)17-15(18)21-12-13-6-4-3-5-7-13/h3-7,14H,8-12H2,1-2H3,(H,17,18). The minimum Gasteiger partial charge on any atom is -0.445 e. The van der Waals surface area contributed by atoms with Crippen LogP contribution in [-0.2, 0) is 21.2 Å². The van der Waals surface area contributed by atoms with Crippen LogP contribution in [0.4, 0.5) is 4.79 Å². The molecule has 6 heteroatoms. The Morgan fingerprint density at radius 3 is 2.41 bits per heavy atom. The summed E-state index contributed by atoms with van der Waals surface area (Å²) in [7, 11) is -2.99. The maximum atomic E-state index is 11.9. The fourth-order valence-corrected chi connectivity index (χ4v) is 3.88. The monoisotopic (exact) mass is 325 g/mol. The van der Waals surface area contributed by atoms with Crippen molar-refractivity contribution in [3.05, 3.63) is 35.9 Å². The minimum absolute atomic E-state index is 0.231. The van der Waals surface area contributed by atoms with Gasteiger partial charge in [-0.25, -0.2) is 13.2 Å². The van der Waals surface area contributed by atoms with Crippen LogP contribution in [0.25, 0.3) is 0 Å². The highest BCUT2D eigenvalue weighted by Crippen LogP contribution is 2.31. The Morgan fingerprint density at radius 1 is 1.27 bits per heavy atom. The molecule has 1 aromatic carbocycles. The largest absolute Gasteiger partial charge is 0.445 e. The molecule has 1 aliphatic rings. The molecule has 0 unspecified atom stereocenters. The Labute approximate surface area is 132 Å². The summed E-state index contributed by atoms with van der Waals surface area (Å²) < 4.78 is 28.4. The minimum atomic E-state index is -2.99. The molecule has 0 saturated heterocycles. The molecule has 0 aliphatic heterocycles. The van der Waals surface area contributed by atoms with Crippen molar-refractivity contribution >= 4 is 15.9 Å². The van der Waals surface area contributed by atoms with Gasteiger partial charge >= 0.3 is 6.09 Å². The lowest BCUT2D eigenvalue weighted by atomic mass is 9.83. The van der Waals surface area contributed by atoms with Crippen molar-refractivity contribution < 1.29 is 17.9 Å². The number of hydrogen-bond donors (Lipinski definition) is 1. The number of ether oxygens (including phenoxy) is 1. The molecule has 5 nitrogen and oxygen atoms in total. The second kappa shape index (κ2) is 6.69. The summed E-state index contributed by atoms with van der Waals surface area (Å²) in [5, 5.41) is 2.59. The molecule has 2 rings (SSSR count). The molecular formula is C16H23NO4S. The van der Waals surface area contributed by atoms with E-state index in [0.29, 0.717) is 25.7 Å². The van der Waals surface area contributed by atoms with Gasteiger partial charge in [0.1, 0.15) is 16.4 Å². The molecule has 1 saturated carbocycles. The molecule has 0 heterocycles. The quantitative estimate of drug-likeness (QED) is 0.924. The maximum absolute atomic E-state index is 11.9. The molecule has 1 N–H and O–H groups in total. The number of benzene rings is 1. The number of sulfone groups is 1. The van der Waals surface area contributed by atoms with E-state index >= 15 is 0 Å². The van der Waals surface area contributed by atoms with Gasteiger partial charge < -0.3 is 10.1 Å². The summed E-state index contributed by atoms with van der Waals surface area (Å²) in [6.45, 7) is 2.17. The lowest BCUT2D eigenvalue weighted by Gasteiger charge is -2.37. The Kier molecular flexibility index (Phi) is 5.11. The molecule has 0 bridgehead atoms. The van der Waals surface area contributed by atoms with Gasteiger partial charge in [-0.1, -0.05) is 30.3 Å².